The first-order valence-corrected chi connectivity index (χ1v) is 10.0. The number of hydrogen-bond acceptors (Lipinski definition) is 6. The molecule has 0 aliphatic carbocycles. The highest BCUT2D eigenvalue weighted by atomic mass is 16.1. The zero-order valence-corrected chi connectivity index (χ0v) is 19.3. The Labute approximate surface area is 190 Å². The fourth-order valence-electron chi connectivity index (χ4n) is 2.43. The summed E-state index contributed by atoms with van der Waals surface area (Å²) in [6, 6.07) is 22.2. The van der Waals surface area contributed by atoms with Gasteiger partial charge in [-0.15, -0.1) is 0 Å². The van der Waals surface area contributed by atoms with E-state index in [0.29, 0.717) is 5.56 Å². The van der Waals surface area contributed by atoms with E-state index in [2.05, 4.69) is 5.32 Å². The molecule has 168 valence electrons. The highest BCUT2D eigenvalue weighted by molar-refractivity contribution is 5.76. The lowest BCUT2D eigenvalue weighted by atomic mass is 10.2. The van der Waals surface area contributed by atoms with Crippen molar-refractivity contribution in [1.82, 2.24) is 0 Å². The van der Waals surface area contributed by atoms with Crippen molar-refractivity contribution in [2.75, 3.05) is 50.4 Å². The van der Waals surface area contributed by atoms with E-state index in [1.165, 1.54) is 0 Å². The fraction of sp³-hybridized carbons (Fsp3) is 0.192. The van der Waals surface area contributed by atoms with Gasteiger partial charge in [-0.2, -0.15) is 0 Å². The van der Waals surface area contributed by atoms with E-state index in [1.807, 2.05) is 106 Å². The molecule has 0 spiro atoms. The molecule has 6 nitrogen and oxygen atoms in total. The molecule has 1 N–H and O–H groups in total. The molecule has 0 atom stereocenters. The van der Waals surface area contributed by atoms with Gasteiger partial charge >= 0.3 is 0 Å². The smallest absolute Gasteiger partial charge is 0.150 e. The van der Waals surface area contributed by atoms with Crippen LogP contribution in [0, 0.1) is 0 Å². The predicted octanol–water partition coefficient (Wildman–Crippen LogP) is 4.67. The van der Waals surface area contributed by atoms with E-state index in [4.69, 9.17) is 0 Å². The van der Waals surface area contributed by atoms with Gasteiger partial charge in [-0.25, -0.2) is 0 Å². The number of anilines is 3. The first-order valence-electron chi connectivity index (χ1n) is 10.0. The van der Waals surface area contributed by atoms with Crippen LogP contribution in [0.15, 0.2) is 72.8 Å². The summed E-state index contributed by atoms with van der Waals surface area (Å²) < 4.78 is 0. The summed E-state index contributed by atoms with van der Waals surface area (Å²) in [5.74, 6) is 0. The molecule has 6 heteroatoms. The Morgan fingerprint density at radius 3 is 1.03 bits per heavy atom. The maximum Gasteiger partial charge on any atom is 0.150 e. The lowest BCUT2D eigenvalue weighted by Gasteiger charge is -2.11. The molecule has 0 radical (unpaired) electrons. The van der Waals surface area contributed by atoms with Gasteiger partial charge in [-0.05, 0) is 72.8 Å². The average Bonchev–Trinajstić information content (AvgIpc) is 2.84. The Hall–Kier alpha value is -3.93. The van der Waals surface area contributed by atoms with Gasteiger partial charge in [0.2, 0.25) is 0 Å². The molecule has 0 amide bonds. The van der Waals surface area contributed by atoms with Gasteiger partial charge in [0.15, 0.2) is 0 Å². The molecular weight excluding hydrogens is 402 g/mol. The number of carbonyl (C=O) groups is 3. The lowest BCUT2D eigenvalue weighted by Crippen LogP contribution is -2.08. The fourth-order valence-corrected chi connectivity index (χ4v) is 2.43. The largest absolute Gasteiger partial charge is 0.388 e. The SMILES string of the molecule is CN(C)c1ccc(C=O)cc1.CN(C)c1ccc(C=O)cc1.CNc1ccc(C=O)cc1. The Morgan fingerprint density at radius 1 is 0.531 bits per heavy atom. The van der Waals surface area contributed by atoms with Crippen LogP contribution in [-0.4, -0.2) is 54.1 Å². The number of aldehydes is 3. The van der Waals surface area contributed by atoms with Gasteiger partial charge in [0.05, 0.1) is 0 Å². The van der Waals surface area contributed by atoms with Crippen LogP contribution < -0.4 is 15.1 Å². The van der Waals surface area contributed by atoms with Crippen LogP contribution in [0.5, 0.6) is 0 Å². The van der Waals surface area contributed by atoms with Crippen LogP contribution in [0.2, 0.25) is 0 Å². The summed E-state index contributed by atoms with van der Waals surface area (Å²) >= 11 is 0. The summed E-state index contributed by atoms with van der Waals surface area (Å²) in [5.41, 5.74) is 5.38. The lowest BCUT2D eigenvalue weighted by molar-refractivity contribution is 0.111. The first-order chi connectivity index (χ1) is 15.3. The van der Waals surface area contributed by atoms with E-state index in [1.54, 1.807) is 12.1 Å². The van der Waals surface area contributed by atoms with E-state index >= 15 is 0 Å². The second-order valence-corrected chi connectivity index (χ2v) is 7.20. The summed E-state index contributed by atoms with van der Waals surface area (Å²) in [5, 5.41) is 2.96. The zero-order chi connectivity index (χ0) is 23.9. The Morgan fingerprint density at radius 2 is 0.812 bits per heavy atom. The van der Waals surface area contributed by atoms with Crippen LogP contribution in [0.3, 0.4) is 0 Å². The van der Waals surface area contributed by atoms with Crippen molar-refractivity contribution in [3.8, 4) is 0 Å². The Kier molecular flexibility index (Phi) is 11.5. The molecule has 0 fully saturated rings. The first kappa shape index (κ1) is 26.1. The van der Waals surface area contributed by atoms with E-state index in [0.717, 1.165) is 47.0 Å². The minimum absolute atomic E-state index is 0.707. The Balaban J connectivity index is 0.000000240. The quantitative estimate of drug-likeness (QED) is 0.570. The van der Waals surface area contributed by atoms with Crippen molar-refractivity contribution in [3.05, 3.63) is 89.5 Å². The van der Waals surface area contributed by atoms with Gasteiger partial charge in [0, 0.05) is 69.0 Å². The minimum atomic E-state index is 0.707. The molecule has 3 aromatic carbocycles. The van der Waals surface area contributed by atoms with Gasteiger partial charge in [-0.3, -0.25) is 14.4 Å². The third-order valence-corrected chi connectivity index (χ3v) is 4.43. The van der Waals surface area contributed by atoms with Gasteiger partial charge in [0.25, 0.3) is 0 Å². The standard InChI is InChI=1S/2C9H11NO.C8H9NO/c2*1-10(2)9-5-3-8(7-11)4-6-9;1-9-8-4-2-7(6-10)3-5-8/h2*3-7H,1-2H3;2-6,9H,1H3. The van der Waals surface area contributed by atoms with Crippen molar-refractivity contribution >= 4 is 35.9 Å². The third kappa shape index (κ3) is 9.26. The van der Waals surface area contributed by atoms with Crippen LogP contribution >= 0.6 is 0 Å². The number of hydrogen-bond donors (Lipinski definition) is 1. The van der Waals surface area contributed by atoms with Crippen molar-refractivity contribution in [1.29, 1.82) is 0 Å². The van der Waals surface area contributed by atoms with Gasteiger partial charge in [0.1, 0.15) is 18.9 Å². The molecule has 0 aliphatic heterocycles. The molecule has 0 saturated heterocycles. The molecule has 0 bridgehead atoms. The maximum absolute atomic E-state index is 10.3. The molecule has 0 heterocycles. The number of nitrogens with zero attached hydrogens (tertiary/aromatic N) is 2. The highest BCUT2D eigenvalue weighted by Crippen LogP contribution is 2.11. The third-order valence-electron chi connectivity index (χ3n) is 4.43. The minimum Gasteiger partial charge on any atom is -0.388 e. The second kappa shape index (κ2) is 14.1. The van der Waals surface area contributed by atoms with Crippen molar-refractivity contribution in [3.63, 3.8) is 0 Å². The van der Waals surface area contributed by atoms with E-state index in [9.17, 15) is 14.4 Å². The van der Waals surface area contributed by atoms with Crippen molar-refractivity contribution < 1.29 is 14.4 Å². The molecule has 0 unspecified atom stereocenters. The highest BCUT2D eigenvalue weighted by Gasteiger charge is 1.94. The van der Waals surface area contributed by atoms with Crippen LogP contribution in [0.4, 0.5) is 17.1 Å². The summed E-state index contributed by atoms with van der Waals surface area (Å²) in [7, 11) is 9.72. The van der Waals surface area contributed by atoms with Gasteiger partial charge < -0.3 is 15.1 Å². The number of carbonyl (C=O) groups excluding carboxylic acids is 3. The molecule has 0 aliphatic rings. The van der Waals surface area contributed by atoms with Crippen molar-refractivity contribution in [2.45, 2.75) is 0 Å². The maximum atomic E-state index is 10.3. The second-order valence-electron chi connectivity index (χ2n) is 7.20. The summed E-state index contributed by atoms with van der Waals surface area (Å²) in [6.07, 6.45) is 2.53. The normalized spacial score (nSPS) is 9.16. The molecule has 0 aromatic heterocycles. The molecule has 32 heavy (non-hydrogen) atoms. The zero-order valence-electron chi connectivity index (χ0n) is 19.3. The van der Waals surface area contributed by atoms with Crippen LogP contribution in [-0.2, 0) is 0 Å². The summed E-state index contributed by atoms with van der Waals surface area (Å²) in [4.78, 5) is 34.7. The van der Waals surface area contributed by atoms with Crippen molar-refractivity contribution in [2.24, 2.45) is 0 Å². The number of rotatable bonds is 6. The number of benzene rings is 3. The predicted molar refractivity (Wildman–Crippen MR) is 134 cm³/mol. The Bertz CT molecular complexity index is 894. The molecular formula is C26H31N3O3. The monoisotopic (exact) mass is 433 g/mol. The van der Waals surface area contributed by atoms with Crippen LogP contribution in [0.25, 0.3) is 0 Å². The van der Waals surface area contributed by atoms with E-state index in [-0.39, 0.29) is 0 Å². The van der Waals surface area contributed by atoms with E-state index < -0.39 is 0 Å². The number of nitrogens with one attached hydrogen (secondary N) is 1. The van der Waals surface area contributed by atoms with Crippen LogP contribution in [0.1, 0.15) is 31.1 Å². The van der Waals surface area contributed by atoms with Gasteiger partial charge in [-0.1, -0.05) is 0 Å². The average molecular weight is 434 g/mol. The summed E-state index contributed by atoms with van der Waals surface area (Å²) in [6.45, 7) is 0. The molecule has 3 aromatic rings. The molecule has 0 saturated carbocycles. The topological polar surface area (TPSA) is 69.7 Å². The molecule has 3 rings (SSSR count).